The van der Waals surface area contributed by atoms with Crippen molar-refractivity contribution in [2.75, 3.05) is 19.8 Å². The van der Waals surface area contributed by atoms with E-state index >= 15 is 0 Å². The van der Waals surface area contributed by atoms with Crippen LogP contribution in [-0.2, 0) is 29.2 Å². The summed E-state index contributed by atoms with van der Waals surface area (Å²) in [4.78, 5) is 22.2. The number of benzene rings is 5. The molecule has 0 saturated carbocycles. The van der Waals surface area contributed by atoms with Crippen molar-refractivity contribution in [3.8, 4) is 17.2 Å². The van der Waals surface area contributed by atoms with Crippen molar-refractivity contribution < 1.29 is 28.8 Å². The van der Waals surface area contributed by atoms with Crippen molar-refractivity contribution in [3.63, 3.8) is 0 Å². The first-order valence-corrected chi connectivity index (χ1v) is 18.4. The summed E-state index contributed by atoms with van der Waals surface area (Å²) < 4.78 is 24.6. The number of hydrazine groups is 1. The minimum Gasteiger partial charge on any atom is -0.494 e. The third kappa shape index (κ3) is 9.93. The zero-order valence-corrected chi connectivity index (χ0v) is 30.9. The molecule has 0 fully saturated rings. The number of amides is 1. The van der Waals surface area contributed by atoms with E-state index in [4.69, 9.17) is 29.0 Å². The van der Waals surface area contributed by atoms with Crippen LogP contribution in [0.2, 0.25) is 0 Å². The molecule has 0 aliphatic carbocycles. The Hall–Kier alpha value is -6.59. The van der Waals surface area contributed by atoms with Gasteiger partial charge in [-0.1, -0.05) is 102 Å². The molecule has 1 amide bonds. The average molecular weight is 753 g/mol. The first-order valence-electron chi connectivity index (χ1n) is 18.4. The Labute approximate surface area is 326 Å². The Morgan fingerprint density at radius 2 is 1.55 bits per heavy atom. The smallest absolute Gasteiger partial charge is 0.266 e. The second-order valence-corrected chi connectivity index (χ2v) is 13.0. The van der Waals surface area contributed by atoms with Crippen molar-refractivity contribution in [1.29, 1.82) is 0 Å². The molecule has 12 nitrogen and oxygen atoms in total. The molecular weight excluding hydrogens is 709 g/mol. The van der Waals surface area contributed by atoms with Crippen molar-refractivity contribution in [2.45, 2.75) is 44.1 Å². The molecule has 1 heterocycles. The van der Waals surface area contributed by atoms with E-state index in [1.54, 1.807) is 54.6 Å². The van der Waals surface area contributed by atoms with Crippen LogP contribution in [0.3, 0.4) is 0 Å². The lowest BCUT2D eigenvalue weighted by Gasteiger charge is -2.30. The van der Waals surface area contributed by atoms with Gasteiger partial charge in [-0.3, -0.25) is 10.2 Å². The molecule has 6 rings (SSSR count). The van der Waals surface area contributed by atoms with Crippen LogP contribution in [-0.4, -0.2) is 42.2 Å². The number of azide groups is 1. The quantitative estimate of drug-likeness (QED) is 0.0180. The molecule has 286 valence electrons. The van der Waals surface area contributed by atoms with Crippen molar-refractivity contribution in [2.24, 2.45) is 10.1 Å². The molecule has 0 saturated heterocycles. The number of aliphatic hydroxyl groups excluding tert-OH is 1. The minimum absolute atomic E-state index is 0.0346. The summed E-state index contributed by atoms with van der Waals surface area (Å²) in [6.07, 6.45) is 1.85. The number of ether oxygens (including phenoxy) is 4. The van der Waals surface area contributed by atoms with Crippen molar-refractivity contribution >= 4 is 17.5 Å². The number of carbonyl (C=O) groups excluding carboxylic acids is 1. The molecular formula is C44H44N6O6. The van der Waals surface area contributed by atoms with Gasteiger partial charge in [-0.25, -0.2) is 10.4 Å². The van der Waals surface area contributed by atoms with Crippen LogP contribution in [0, 0.1) is 0 Å². The normalized spacial score (nSPS) is 15.8. The number of rotatable bonds is 20. The summed E-state index contributed by atoms with van der Waals surface area (Å²) in [5.74, 6) is 1.66. The molecule has 0 spiro atoms. The molecule has 0 unspecified atom stereocenters. The molecule has 0 bridgehead atoms. The van der Waals surface area contributed by atoms with Crippen LogP contribution in [0.4, 0.5) is 5.69 Å². The Kier molecular flexibility index (Phi) is 13.7. The van der Waals surface area contributed by atoms with Gasteiger partial charge in [-0.15, -0.1) is 6.58 Å². The predicted octanol–water partition coefficient (Wildman–Crippen LogP) is 8.24. The maximum Gasteiger partial charge on any atom is 0.266 e. The van der Waals surface area contributed by atoms with Crippen molar-refractivity contribution in [3.05, 3.63) is 178 Å². The first-order chi connectivity index (χ1) is 27.5. The van der Waals surface area contributed by atoms with E-state index in [9.17, 15) is 10.3 Å². The van der Waals surface area contributed by atoms with Crippen LogP contribution < -0.4 is 25.1 Å². The maximum atomic E-state index is 14.3. The summed E-state index contributed by atoms with van der Waals surface area (Å²) >= 11 is 0. The van der Waals surface area contributed by atoms with Crippen LogP contribution in [0.5, 0.6) is 17.2 Å². The number of nitrogens with one attached hydrogen (secondary N) is 2. The van der Waals surface area contributed by atoms with Gasteiger partial charge in [0.15, 0.2) is 23.1 Å². The van der Waals surface area contributed by atoms with Crippen molar-refractivity contribution in [1.82, 2.24) is 10.9 Å². The highest BCUT2D eigenvalue weighted by atomic mass is 16.5. The lowest BCUT2D eigenvalue weighted by molar-refractivity contribution is -0.129. The highest BCUT2D eigenvalue weighted by Gasteiger charge is 2.53. The van der Waals surface area contributed by atoms with E-state index in [0.717, 1.165) is 16.7 Å². The topological polar surface area (TPSA) is 159 Å². The monoisotopic (exact) mass is 752 g/mol. The molecule has 0 radical (unpaired) electrons. The summed E-state index contributed by atoms with van der Waals surface area (Å²) in [5.41, 5.74) is 18.3. The maximum absolute atomic E-state index is 14.3. The summed E-state index contributed by atoms with van der Waals surface area (Å²) in [6, 6.07) is 39.8. The number of aliphatic hydroxyl groups is 1. The molecule has 56 heavy (non-hydrogen) atoms. The summed E-state index contributed by atoms with van der Waals surface area (Å²) in [7, 11) is 0. The Morgan fingerprint density at radius 1 is 0.875 bits per heavy atom. The van der Waals surface area contributed by atoms with Crippen LogP contribution in [0.15, 0.2) is 150 Å². The SMILES string of the molecule is C=CC[C@]1(C(=O)NNCCc2ccc(OCc3ccccc3)c(OCc3ccccc3)c2)N=C(c2ccc(OCCCO)cc2)O[C@H]1c1ccccc1N=[N+]=[N-]. The highest BCUT2D eigenvalue weighted by molar-refractivity contribution is 6.01. The molecule has 0 aromatic heterocycles. The molecule has 1 aliphatic heterocycles. The van der Waals surface area contributed by atoms with E-state index in [0.29, 0.717) is 73.3 Å². The van der Waals surface area contributed by atoms with Gasteiger partial charge in [0.1, 0.15) is 19.0 Å². The number of hydrogen-bond acceptors (Lipinski definition) is 9. The predicted molar refractivity (Wildman–Crippen MR) is 215 cm³/mol. The van der Waals surface area contributed by atoms with E-state index < -0.39 is 17.6 Å². The molecule has 5 aromatic rings. The zero-order chi connectivity index (χ0) is 39.0. The van der Waals surface area contributed by atoms with Gasteiger partial charge in [0, 0.05) is 47.7 Å². The lowest BCUT2D eigenvalue weighted by Crippen LogP contribution is -2.52. The fourth-order valence-corrected chi connectivity index (χ4v) is 6.23. The van der Waals surface area contributed by atoms with E-state index in [2.05, 4.69) is 27.5 Å². The summed E-state index contributed by atoms with van der Waals surface area (Å²) in [5, 5.41) is 13.0. The van der Waals surface area contributed by atoms with Gasteiger partial charge in [0.25, 0.3) is 5.91 Å². The van der Waals surface area contributed by atoms with Gasteiger partial charge in [-0.05, 0) is 65.0 Å². The first kappa shape index (κ1) is 39.1. The van der Waals surface area contributed by atoms with E-state index in [1.807, 2.05) is 78.9 Å². The minimum atomic E-state index is -1.50. The van der Waals surface area contributed by atoms with Gasteiger partial charge < -0.3 is 24.1 Å². The molecule has 2 atom stereocenters. The molecule has 12 heteroatoms. The Bertz CT molecular complexity index is 2140. The molecule has 1 aliphatic rings. The lowest BCUT2D eigenvalue weighted by atomic mass is 9.84. The third-order valence-electron chi connectivity index (χ3n) is 9.08. The fourth-order valence-electron chi connectivity index (χ4n) is 6.23. The number of nitrogens with zero attached hydrogens (tertiary/aromatic N) is 4. The Balaban J connectivity index is 1.19. The third-order valence-corrected chi connectivity index (χ3v) is 9.08. The largest absolute Gasteiger partial charge is 0.494 e. The standard InChI is InChI=1S/C44H44N6O6/c1-2-25-44(41(37-16-9-10-17-38(37)48-50-45)56-42(47-44)35-19-21-36(22-20-35)53-28-11-27-51)43(52)49-46-26-24-32-18-23-39(54-30-33-12-5-3-6-13-33)40(29-32)55-31-34-14-7-4-8-15-34/h2-10,12-23,29,41,46,51H,1,11,24-28,30-31H2,(H,49,52)/t41-,44-/m0/s1. The second kappa shape index (κ2) is 19.7. The highest BCUT2D eigenvalue weighted by Crippen LogP contribution is 2.45. The zero-order valence-electron chi connectivity index (χ0n) is 30.9. The van der Waals surface area contributed by atoms with Gasteiger partial charge in [0.05, 0.1) is 6.61 Å². The average Bonchev–Trinajstić information content (AvgIpc) is 3.63. The fraction of sp³-hybridized carbons (Fsp3) is 0.227. The number of hydrogen-bond donors (Lipinski definition) is 3. The van der Waals surface area contributed by atoms with Crippen LogP contribution >= 0.6 is 0 Å². The Morgan fingerprint density at radius 3 is 2.23 bits per heavy atom. The van der Waals surface area contributed by atoms with E-state index in [-0.39, 0.29) is 18.9 Å². The van der Waals surface area contributed by atoms with E-state index in [1.165, 1.54) is 0 Å². The van der Waals surface area contributed by atoms with Crippen LogP contribution in [0.25, 0.3) is 10.4 Å². The molecule has 3 N–H and O–H groups in total. The number of aliphatic imine (C=N–C) groups is 1. The summed E-state index contributed by atoms with van der Waals surface area (Å²) in [6.45, 7) is 5.50. The second-order valence-electron chi connectivity index (χ2n) is 13.0. The van der Waals surface area contributed by atoms with Crippen LogP contribution in [0.1, 0.15) is 46.8 Å². The van der Waals surface area contributed by atoms with Gasteiger partial charge >= 0.3 is 0 Å². The van der Waals surface area contributed by atoms with Gasteiger partial charge in [-0.2, -0.15) is 0 Å². The molecule has 5 aromatic carbocycles. The number of carbonyl (C=O) groups is 1. The van der Waals surface area contributed by atoms with Gasteiger partial charge in [0.2, 0.25) is 5.90 Å².